The van der Waals surface area contributed by atoms with E-state index in [1.165, 1.54) is 17.3 Å². The van der Waals surface area contributed by atoms with Crippen molar-refractivity contribution in [1.82, 2.24) is 14.9 Å². The highest BCUT2D eigenvalue weighted by Crippen LogP contribution is 2.33. The van der Waals surface area contributed by atoms with Gasteiger partial charge >= 0.3 is 6.18 Å². The highest BCUT2D eigenvalue weighted by molar-refractivity contribution is 5.92. The number of halogens is 3. The molecule has 2 N–H and O–H groups in total. The first-order valence-electron chi connectivity index (χ1n) is 5.81. The molecule has 1 aliphatic heterocycles. The van der Waals surface area contributed by atoms with E-state index in [0.717, 1.165) is 0 Å². The molecule has 0 aromatic carbocycles. The molecule has 0 radical (unpaired) electrons. The lowest BCUT2D eigenvalue weighted by Gasteiger charge is -2.33. The van der Waals surface area contributed by atoms with Crippen LogP contribution in [0, 0.1) is 5.92 Å². The Labute approximate surface area is 107 Å². The van der Waals surface area contributed by atoms with Gasteiger partial charge in [-0.05, 0) is 12.8 Å². The summed E-state index contributed by atoms with van der Waals surface area (Å²) in [5.74, 6) is -1.85. The number of amides is 1. The van der Waals surface area contributed by atoms with Gasteiger partial charge in [0.05, 0.1) is 18.3 Å². The van der Waals surface area contributed by atoms with Crippen LogP contribution in [0.1, 0.15) is 23.3 Å². The summed E-state index contributed by atoms with van der Waals surface area (Å²) in [5.41, 5.74) is 5.35. The number of aromatic nitrogens is 2. The normalized spacial score (nSPS) is 20.4. The maximum absolute atomic E-state index is 12.7. The van der Waals surface area contributed by atoms with Crippen LogP contribution in [0.4, 0.5) is 19.0 Å². The molecule has 19 heavy (non-hydrogen) atoms. The van der Waals surface area contributed by atoms with E-state index in [1.54, 1.807) is 0 Å². The Balaban J connectivity index is 2.09. The van der Waals surface area contributed by atoms with E-state index in [2.05, 4.69) is 9.97 Å². The van der Waals surface area contributed by atoms with Gasteiger partial charge in [-0.15, -0.1) is 0 Å². The average Bonchev–Trinajstić information content (AvgIpc) is 2.38. The Morgan fingerprint density at radius 1 is 1.37 bits per heavy atom. The number of nitrogens with two attached hydrogens (primary N) is 1. The van der Waals surface area contributed by atoms with Gasteiger partial charge in [-0.1, -0.05) is 0 Å². The minimum Gasteiger partial charge on any atom is -0.382 e. The fourth-order valence-electron chi connectivity index (χ4n) is 2.04. The second-order valence-corrected chi connectivity index (χ2v) is 4.46. The molecule has 1 saturated heterocycles. The summed E-state index contributed by atoms with van der Waals surface area (Å²) >= 11 is 0. The number of hydrogen-bond acceptors (Lipinski definition) is 4. The van der Waals surface area contributed by atoms with Crippen molar-refractivity contribution in [2.75, 3.05) is 18.8 Å². The number of anilines is 1. The van der Waals surface area contributed by atoms with Gasteiger partial charge < -0.3 is 10.6 Å². The topological polar surface area (TPSA) is 72.1 Å². The quantitative estimate of drug-likeness (QED) is 0.841. The van der Waals surface area contributed by atoms with E-state index in [1.807, 2.05) is 0 Å². The molecular formula is C11H13F3N4O. The summed E-state index contributed by atoms with van der Waals surface area (Å²) in [6.45, 7) is -0.0220. The number of carbonyl (C=O) groups excluding carboxylic acids is 1. The first-order chi connectivity index (χ1) is 8.88. The van der Waals surface area contributed by atoms with Crippen molar-refractivity contribution in [3.63, 3.8) is 0 Å². The van der Waals surface area contributed by atoms with Gasteiger partial charge in [-0.2, -0.15) is 13.2 Å². The second kappa shape index (κ2) is 5.02. The number of nitrogens with zero attached hydrogens (tertiary/aromatic N) is 3. The molecule has 2 rings (SSSR count). The smallest absolute Gasteiger partial charge is 0.382 e. The Bertz CT molecular complexity index is 460. The fourth-order valence-corrected chi connectivity index (χ4v) is 2.04. The van der Waals surface area contributed by atoms with Crippen molar-refractivity contribution in [2.24, 2.45) is 5.92 Å². The summed E-state index contributed by atoms with van der Waals surface area (Å²) in [6.07, 6.45) is -1.50. The van der Waals surface area contributed by atoms with E-state index in [9.17, 15) is 18.0 Å². The molecule has 8 heteroatoms. The molecule has 0 aliphatic carbocycles. The van der Waals surface area contributed by atoms with Crippen LogP contribution >= 0.6 is 0 Å². The number of hydrogen-bond donors (Lipinski definition) is 1. The SMILES string of the molecule is Nc1cnc(C(=O)N2CCCC(C(F)(F)F)C2)cn1. The van der Waals surface area contributed by atoms with E-state index >= 15 is 0 Å². The van der Waals surface area contributed by atoms with Crippen LogP contribution in [0.25, 0.3) is 0 Å². The Kier molecular flexibility index (Phi) is 3.59. The third-order valence-corrected chi connectivity index (χ3v) is 3.06. The van der Waals surface area contributed by atoms with Crippen LogP contribution in [-0.4, -0.2) is 40.0 Å². The maximum Gasteiger partial charge on any atom is 0.393 e. The minimum atomic E-state index is -4.27. The van der Waals surface area contributed by atoms with E-state index < -0.39 is 18.0 Å². The van der Waals surface area contributed by atoms with E-state index in [4.69, 9.17) is 5.73 Å². The Hall–Kier alpha value is -1.86. The van der Waals surface area contributed by atoms with Crippen molar-refractivity contribution in [3.05, 3.63) is 18.1 Å². The third kappa shape index (κ3) is 3.12. The van der Waals surface area contributed by atoms with Crippen LogP contribution in [0.2, 0.25) is 0 Å². The Morgan fingerprint density at radius 3 is 2.68 bits per heavy atom. The molecule has 1 unspecified atom stereocenters. The van der Waals surface area contributed by atoms with Crippen LogP contribution in [0.15, 0.2) is 12.4 Å². The molecule has 2 heterocycles. The predicted molar refractivity (Wildman–Crippen MR) is 61.1 cm³/mol. The fraction of sp³-hybridized carbons (Fsp3) is 0.545. The standard InChI is InChI=1S/C11H13F3N4O/c12-11(13,14)7-2-1-3-18(6-7)10(19)8-4-17-9(15)5-16-8/h4-5,7H,1-3,6H2,(H2,15,17). The average molecular weight is 274 g/mol. The monoisotopic (exact) mass is 274 g/mol. The molecule has 1 atom stereocenters. The van der Waals surface area contributed by atoms with Crippen molar-refractivity contribution >= 4 is 11.7 Å². The van der Waals surface area contributed by atoms with Crippen molar-refractivity contribution in [1.29, 1.82) is 0 Å². The van der Waals surface area contributed by atoms with Crippen molar-refractivity contribution in [2.45, 2.75) is 19.0 Å². The highest BCUT2D eigenvalue weighted by atomic mass is 19.4. The summed E-state index contributed by atoms with van der Waals surface area (Å²) in [6, 6.07) is 0. The van der Waals surface area contributed by atoms with Crippen LogP contribution in [0.5, 0.6) is 0 Å². The lowest BCUT2D eigenvalue weighted by atomic mass is 9.97. The van der Waals surface area contributed by atoms with E-state index in [-0.39, 0.29) is 24.5 Å². The molecule has 1 aromatic heterocycles. The highest BCUT2D eigenvalue weighted by Gasteiger charge is 2.42. The van der Waals surface area contributed by atoms with Gasteiger partial charge in [-0.25, -0.2) is 9.97 Å². The number of nitrogen functional groups attached to an aromatic ring is 1. The molecule has 0 spiro atoms. The molecule has 104 valence electrons. The van der Waals surface area contributed by atoms with Gasteiger partial charge in [0.2, 0.25) is 0 Å². The summed E-state index contributed by atoms with van der Waals surface area (Å²) in [4.78, 5) is 20.7. The van der Waals surface area contributed by atoms with Gasteiger partial charge in [0, 0.05) is 13.1 Å². The molecule has 1 aromatic rings. The van der Waals surface area contributed by atoms with Crippen molar-refractivity contribution < 1.29 is 18.0 Å². The molecule has 1 amide bonds. The zero-order chi connectivity index (χ0) is 14.0. The number of piperidine rings is 1. The van der Waals surface area contributed by atoms with E-state index in [0.29, 0.717) is 13.0 Å². The van der Waals surface area contributed by atoms with Gasteiger partial charge in [0.1, 0.15) is 11.5 Å². The summed E-state index contributed by atoms with van der Waals surface area (Å²) < 4.78 is 38.0. The zero-order valence-corrected chi connectivity index (χ0v) is 10.0. The molecular weight excluding hydrogens is 261 g/mol. The second-order valence-electron chi connectivity index (χ2n) is 4.46. The number of alkyl halides is 3. The lowest BCUT2D eigenvalue weighted by molar-refractivity contribution is -0.184. The summed E-state index contributed by atoms with van der Waals surface area (Å²) in [7, 11) is 0. The molecule has 1 aliphatic rings. The zero-order valence-electron chi connectivity index (χ0n) is 10.0. The minimum absolute atomic E-state index is 0.0111. The first-order valence-corrected chi connectivity index (χ1v) is 5.81. The van der Waals surface area contributed by atoms with Crippen LogP contribution in [-0.2, 0) is 0 Å². The van der Waals surface area contributed by atoms with Crippen LogP contribution in [0.3, 0.4) is 0 Å². The number of rotatable bonds is 1. The van der Waals surface area contributed by atoms with Crippen LogP contribution < -0.4 is 5.73 Å². The summed E-state index contributed by atoms with van der Waals surface area (Å²) in [5, 5.41) is 0. The number of likely N-dealkylation sites (tertiary alicyclic amines) is 1. The largest absolute Gasteiger partial charge is 0.393 e. The Morgan fingerprint density at radius 2 is 2.11 bits per heavy atom. The maximum atomic E-state index is 12.7. The van der Waals surface area contributed by atoms with Gasteiger partial charge in [-0.3, -0.25) is 4.79 Å². The molecule has 1 fully saturated rings. The predicted octanol–water partition coefficient (Wildman–Crippen LogP) is 1.47. The van der Waals surface area contributed by atoms with Gasteiger partial charge in [0.15, 0.2) is 0 Å². The number of carbonyl (C=O) groups is 1. The molecule has 0 bridgehead atoms. The lowest BCUT2D eigenvalue weighted by Crippen LogP contribution is -2.44. The third-order valence-electron chi connectivity index (χ3n) is 3.06. The first kappa shape index (κ1) is 13.6. The molecule has 0 saturated carbocycles. The van der Waals surface area contributed by atoms with Crippen molar-refractivity contribution in [3.8, 4) is 0 Å². The molecule has 5 nitrogen and oxygen atoms in total. The van der Waals surface area contributed by atoms with Gasteiger partial charge in [0.25, 0.3) is 5.91 Å².